The van der Waals surface area contributed by atoms with Crippen LogP contribution in [0.5, 0.6) is 0 Å². The molecule has 0 aliphatic heterocycles. The van der Waals surface area contributed by atoms with E-state index in [1.165, 1.54) is 6.20 Å². The number of rotatable bonds is 5. The number of nitrogens with two attached hydrogens (primary N) is 1. The third kappa shape index (κ3) is 3.22. The first-order chi connectivity index (χ1) is 8.47. The SMILES string of the molecule is Cc1[nH]ncc1C(=O)N(CCC(N)=NO)C(C)C. The fraction of sp³-hybridized carbons (Fsp3) is 0.545. The van der Waals surface area contributed by atoms with Crippen molar-refractivity contribution in [2.24, 2.45) is 10.9 Å². The summed E-state index contributed by atoms with van der Waals surface area (Å²) in [4.78, 5) is 14.0. The molecule has 0 atom stereocenters. The smallest absolute Gasteiger partial charge is 0.257 e. The van der Waals surface area contributed by atoms with E-state index in [1.807, 2.05) is 13.8 Å². The van der Waals surface area contributed by atoms with Crippen molar-refractivity contribution in [3.63, 3.8) is 0 Å². The van der Waals surface area contributed by atoms with Crippen LogP contribution in [-0.2, 0) is 0 Å². The molecule has 0 radical (unpaired) electrons. The minimum atomic E-state index is -0.109. The van der Waals surface area contributed by atoms with Crippen LogP contribution in [0, 0.1) is 6.92 Å². The predicted octanol–water partition coefficient (Wildman–Crippen LogP) is 0.705. The fourth-order valence-corrected chi connectivity index (χ4v) is 1.60. The summed E-state index contributed by atoms with van der Waals surface area (Å²) in [6.45, 7) is 6.03. The fourth-order valence-electron chi connectivity index (χ4n) is 1.60. The molecule has 18 heavy (non-hydrogen) atoms. The number of carbonyl (C=O) groups excluding carboxylic acids is 1. The van der Waals surface area contributed by atoms with E-state index < -0.39 is 0 Å². The van der Waals surface area contributed by atoms with Crippen LogP contribution >= 0.6 is 0 Å². The molecule has 0 saturated carbocycles. The van der Waals surface area contributed by atoms with Gasteiger partial charge in [-0.3, -0.25) is 9.89 Å². The third-order valence-corrected chi connectivity index (χ3v) is 2.68. The molecule has 0 aliphatic rings. The van der Waals surface area contributed by atoms with Gasteiger partial charge in [0.2, 0.25) is 0 Å². The van der Waals surface area contributed by atoms with Gasteiger partial charge in [-0.1, -0.05) is 5.16 Å². The van der Waals surface area contributed by atoms with E-state index in [0.29, 0.717) is 18.5 Å². The summed E-state index contributed by atoms with van der Waals surface area (Å²) in [6.07, 6.45) is 1.84. The summed E-state index contributed by atoms with van der Waals surface area (Å²) < 4.78 is 0. The van der Waals surface area contributed by atoms with Crippen molar-refractivity contribution >= 4 is 11.7 Å². The Bertz CT molecular complexity index is 438. The summed E-state index contributed by atoms with van der Waals surface area (Å²) in [5.74, 6) is -0.000597. The number of nitrogens with zero attached hydrogens (tertiary/aromatic N) is 3. The first-order valence-corrected chi connectivity index (χ1v) is 5.74. The second-order valence-corrected chi connectivity index (χ2v) is 4.34. The van der Waals surface area contributed by atoms with Crippen LogP contribution in [-0.4, -0.2) is 44.6 Å². The summed E-state index contributed by atoms with van der Waals surface area (Å²) in [5, 5.41) is 18.0. The Labute approximate surface area is 106 Å². The minimum Gasteiger partial charge on any atom is -0.409 e. The predicted molar refractivity (Wildman–Crippen MR) is 67.5 cm³/mol. The molecule has 1 amide bonds. The molecule has 7 heteroatoms. The molecular formula is C11H19N5O2. The molecule has 4 N–H and O–H groups in total. The zero-order valence-corrected chi connectivity index (χ0v) is 10.8. The van der Waals surface area contributed by atoms with Crippen molar-refractivity contribution in [3.05, 3.63) is 17.5 Å². The molecule has 1 heterocycles. The first kappa shape index (κ1) is 14.0. The minimum absolute atomic E-state index is 0.0262. The Balaban J connectivity index is 2.80. The van der Waals surface area contributed by atoms with Gasteiger partial charge in [0.05, 0.1) is 11.8 Å². The number of nitrogens with one attached hydrogen (secondary N) is 1. The summed E-state index contributed by atoms with van der Waals surface area (Å²) in [5.41, 5.74) is 6.69. The van der Waals surface area contributed by atoms with Crippen molar-refractivity contribution in [3.8, 4) is 0 Å². The number of oxime groups is 1. The van der Waals surface area contributed by atoms with Gasteiger partial charge < -0.3 is 15.8 Å². The molecule has 1 aromatic rings. The van der Waals surface area contributed by atoms with Crippen LogP contribution in [0.15, 0.2) is 11.4 Å². The highest BCUT2D eigenvalue weighted by Crippen LogP contribution is 2.11. The van der Waals surface area contributed by atoms with Gasteiger partial charge in [0.25, 0.3) is 5.91 Å². The quantitative estimate of drug-likeness (QED) is 0.311. The number of H-pyrrole nitrogens is 1. The Kier molecular flexibility index (Phi) is 4.70. The van der Waals surface area contributed by atoms with Crippen molar-refractivity contribution in [1.29, 1.82) is 0 Å². The highest BCUT2D eigenvalue weighted by atomic mass is 16.4. The van der Waals surface area contributed by atoms with E-state index >= 15 is 0 Å². The van der Waals surface area contributed by atoms with Gasteiger partial charge in [0.15, 0.2) is 0 Å². The van der Waals surface area contributed by atoms with Crippen molar-refractivity contribution in [2.75, 3.05) is 6.54 Å². The van der Waals surface area contributed by atoms with E-state index in [1.54, 1.807) is 11.8 Å². The first-order valence-electron chi connectivity index (χ1n) is 5.74. The zero-order valence-electron chi connectivity index (χ0n) is 10.8. The lowest BCUT2D eigenvalue weighted by molar-refractivity contribution is 0.0710. The Hall–Kier alpha value is -2.05. The molecule has 0 bridgehead atoms. The third-order valence-electron chi connectivity index (χ3n) is 2.68. The normalized spacial score (nSPS) is 11.9. The van der Waals surface area contributed by atoms with E-state index in [4.69, 9.17) is 10.9 Å². The average Bonchev–Trinajstić information content (AvgIpc) is 2.74. The molecule has 0 aliphatic carbocycles. The largest absolute Gasteiger partial charge is 0.409 e. The van der Waals surface area contributed by atoms with Gasteiger partial charge in [-0.05, 0) is 20.8 Å². The maximum absolute atomic E-state index is 12.3. The lowest BCUT2D eigenvalue weighted by Gasteiger charge is -2.26. The molecule has 1 aromatic heterocycles. The van der Waals surface area contributed by atoms with Crippen LogP contribution in [0.2, 0.25) is 0 Å². The molecule has 0 fully saturated rings. The molecule has 7 nitrogen and oxygen atoms in total. The van der Waals surface area contributed by atoms with Crippen molar-refractivity contribution in [1.82, 2.24) is 15.1 Å². The highest BCUT2D eigenvalue weighted by Gasteiger charge is 2.21. The molecule has 0 unspecified atom stereocenters. The zero-order chi connectivity index (χ0) is 13.7. The van der Waals surface area contributed by atoms with Crippen LogP contribution in [0.4, 0.5) is 0 Å². The monoisotopic (exact) mass is 253 g/mol. The van der Waals surface area contributed by atoms with Crippen LogP contribution in [0.3, 0.4) is 0 Å². The number of aromatic amines is 1. The number of hydrogen-bond acceptors (Lipinski definition) is 4. The van der Waals surface area contributed by atoms with E-state index in [9.17, 15) is 4.79 Å². The van der Waals surface area contributed by atoms with Gasteiger partial charge in [0, 0.05) is 24.7 Å². The maximum atomic E-state index is 12.3. The summed E-state index contributed by atoms with van der Waals surface area (Å²) >= 11 is 0. The second kappa shape index (κ2) is 6.04. The summed E-state index contributed by atoms with van der Waals surface area (Å²) in [7, 11) is 0. The standard InChI is InChI=1S/C11H19N5O2/c1-7(2)16(5-4-10(12)15-18)11(17)9-6-13-14-8(9)3/h6-7,18H,4-5H2,1-3H3,(H2,12,15)(H,13,14). The number of amides is 1. The van der Waals surface area contributed by atoms with Gasteiger partial charge >= 0.3 is 0 Å². The van der Waals surface area contributed by atoms with Gasteiger partial charge in [0.1, 0.15) is 5.84 Å². The molecule has 0 spiro atoms. The second-order valence-electron chi connectivity index (χ2n) is 4.34. The number of carbonyl (C=O) groups is 1. The molecule has 1 rings (SSSR count). The summed E-state index contributed by atoms with van der Waals surface area (Å²) in [6, 6.07) is 0.0262. The molecule has 0 aromatic carbocycles. The number of amidine groups is 1. The molecule has 100 valence electrons. The lowest BCUT2D eigenvalue weighted by atomic mass is 10.2. The number of aryl methyl sites for hydroxylation is 1. The molecular weight excluding hydrogens is 234 g/mol. The van der Waals surface area contributed by atoms with E-state index in [0.717, 1.165) is 5.69 Å². The average molecular weight is 253 g/mol. The number of hydrogen-bond donors (Lipinski definition) is 3. The molecule has 0 saturated heterocycles. The van der Waals surface area contributed by atoms with Crippen LogP contribution in [0.25, 0.3) is 0 Å². The van der Waals surface area contributed by atoms with Gasteiger partial charge in [-0.15, -0.1) is 0 Å². The van der Waals surface area contributed by atoms with Gasteiger partial charge in [-0.2, -0.15) is 5.10 Å². The van der Waals surface area contributed by atoms with Gasteiger partial charge in [-0.25, -0.2) is 0 Å². The number of aromatic nitrogens is 2. The topological polar surface area (TPSA) is 108 Å². The highest BCUT2D eigenvalue weighted by molar-refractivity contribution is 5.95. The van der Waals surface area contributed by atoms with E-state index in [-0.39, 0.29) is 17.8 Å². The Morgan fingerprint density at radius 2 is 2.33 bits per heavy atom. The van der Waals surface area contributed by atoms with E-state index in [2.05, 4.69) is 15.4 Å². The van der Waals surface area contributed by atoms with Crippen molar-refractivity contribution < 1.29 is 10.0 Å². The maximum Gasteiger partial charge on any atom is 0.257 e. The van der Waals surface area contributed by atoms with Crippen molar-refractivity contribution in [2.45, 2.75) is 33.2 Å². The van der Waals surface area contributed by atoms with Crippen LogP contribution < -0.4 is 5.73 Å². The lowest BCUT2D eigenvalue weighted by Crippen LogP contribution is -2.39. The Morgan fingerprint density at radius 3 is 2.78 bits per heavy atom. The van der Waals surface area contributed by atoms with Crippen LogP contribution in [0.1, 0.15) is 36.3 Å². The Morgan fingerprint density at radius 1 is 1.67 bits per heavy atom.